The Morgan fingerprint density at radius 2 is 1.71 bits per heavy atom. The average Bonchev–Trinajstić information content (AvgIpc) is 2.85. The summed E-state index contributed by atoms with van der Waals surface area (Å²) >= 11 is 6.18. The van der Waals surface area contributed by atoms with Crippen LogP contribution in [-0.4, -0.2) is 77.9 Å². The lowest BCUT2D eigenvalue weighted by Crippen LogP contribution is -2.40. The number of sulfonamides is 2. The minimum absolute atomic E-state index is 0.0199. The second-order valence-electron chi connectivity index (χ2n) is 7.57. The Morgan fingerprint density at radius 3 is 2.31 bits per heavy atom. The van der Waals surface area contributed by atoms with Crippen LogP contribution in [0.3, 0.4) is 0 Å². The van der Waals surface area contributed by atoms with Crippen LogP contribution in [0.1, 0.15) is 24.2 Å². The number of benzene rings is 2. The van der Waals surface area contributed by atoms with E-state index in [4.69, 9.17) is 21.1 Å². The van der Waals surface area contributed by atoms with Gasteiger partial charge in [-0.15, -0.1) is 0 Å². The van der Waals surface area contributed by atoms with Gasteiger partial charge >= 0.3 is 0 Å². The summed E-state index contributed by atoms with van der Waals surface area (Å²) < 4.78 is 65.2. The maximum atomic E-state index is 13.1. The molecule has 1 N–H and O–H groups in total. The van der Waals surface area contributed by atoms with E-state index in [9.17, 15) is 21.6 Å². The van der Waals surface area contributed by atoms with Crippen LogP contribution in [0.5, 0.6) is 5.75 Å². The standard InChI is InChI=1S/C22H28ClN3O7S2/c1-4-25(5-2)35(30,31)21-14-16(6-9-19(21)32-3)22(27)24-17-7-8-18(23)20(15-17)34(28,29)26-10-12-33-13-11-26/h6-9,14-15H,4-5,10-13H2,1-3H3,(H,24,27). The van der Waals surface area contributed by atoms with Crippen LogP contribution in [0.25, 0.3) is 0 Å². The molecule has 3 rings (SSSR count). The van der Waals surface area contributed by atoms with Gasteiger partial charge in [-0.1, -0.05) is 25.4 Å². The molecule has 1 aliphatic heterocycles. The van der Waals surface area contributed by atoms with Crippen LogP contribution in [0.4, 0.5) is 5.69 Å². The van der Waals surface area contributed by atoms with E-state index in [1.54, 1.807) is 13.8 Å². The molecule has 0 atom stereocenters. The van der Waals surface area contributed by atoms with Gasteiger partial charge in [-0.05, 0) is 36.4 Å². The summed E-state index contributed by atoms with van der Waals surface area (Å²) in [6, 6.07) is 8.20. The molecular weight excluding hydrogens is 518 g/mol. The molecule has 1 saturated heterocycles. The Hall–Kier alpha value is -2.22. The minimum atomic E-state index is -3.90. The van der Waals surface area contributed by atoms with Crippen LogP contribution in [0.15, 0.2) is 46.2 Å². The van der Waals surface area contributed by atoms with E-state index >= 15 is 0 Å². The van der Waals surface area contributed by atoms with Gasteiger partial charge in [0.25, 0.3) is 5.91 Å². The van der Waals surface area contributed by atoms with Crippen molar-refractivity contribution >= 4 is 43.2 Å². The van der Waals surface area contributed by atoms with Crippen molar-refractivity contribution in [3.63, 3.8) is 0 Å². The highest BCUT2D eigenvalue weighted by Gasteiger charge is 2.29. The van der Waals surface area contributed by atoms with Gasteiger partial charge in [0, 0.05) is 37.4 Å². The van der Waals surface area contributed by atoms with Crippen molar-refractivity contribution in [2.75, 3.05) is 51.8 Å². The molecule has 0 spiro atoms. The number of hydrogen-bond donors (Lipinski definition) is 1. The highest BCUT2D eigenvalue weighted by molar-refractivity contribution is 7.89. The lowest BCUT2D eigenvalue weighted by atomic mass is 10.2. The Balaban J connectivity index is 1.93. The Morgan fingerprint density at radius 1 is 1.06 bits per heavy atom. The van der Waals surface area contributed by atoms with Crippen molar-refractivity contribution in [2.45, 2.75) is 23.6 Å². The van der Waals surface area contributed by atoms with Crippen LogP contribution in [0, 0.1) is 0 Å². The molecule has 0 aromatic heterocycles. The first kappa shape index (κ1) is 27.4. The van der Waals surface area contributed by atoms with Gasteiger partial charge in [-0.25, -0.2) is 16.8 Å². The third-order valence-corrected chi connectivity index (χ3v) is 9.98. The predicted molar refractivity (Wildman–Crippen MR) is 132 cm³/mol. The molecular formula is C22H28ClN3O7S2. The number of nitrogens with one attached hydrogen (secondary N) is 1. The smallest absolute Gasteiger partial charge is 0.255 e. The molecule has 0 radical (unpaired) electrons. The van der Waals surface area contributed by atoms with E-state index in [1.807, 2.05) is 0 Å². The summed E-state index contributed by atoms with van der Waals surface area (Å²) in [7, 11) is -6.45. The molecule has 1 fully saturated rings. The SMILES string of the molecule is CCN(CC)S(=O)(=O)c1cc(C(=O)Nc2ccc(Cl)c(S(=O)(=O)N3CCOCC3)c2)ccc1OC. The molecule has 0 aliphatic carbocycles. The van der Waals surface area contributed by atoms with Crippen molar-refractivity contribution in [1.29, 1.82) is 0 Å². The molecule has 192 valence electrons. The second kappa shape index (κ2) is 11.2. The zero-order chi connectivity index (χ0) is 25.8. The fraction of sp³-hybridized carbons (Fsp3) is 0.409. The van der Waals surface area contributed by atoms with Gasteiger partial charge in [0.05, 0.1) is 25.3 Å². The van der Waals surface area contributed by atoms with E-state index in [0.717, 1.165) is 0 Å². The van der Waals surface area contributed by atoms with Gasteiger partial charge in [0.15, 0.2) is 0 Å². The van der Waals surface area contributed by atoms with E-state index in [-0.39, 0.29) is 71.2 Å². The number of carbonyl (C=O) groups is 1. The van der Waals surface area contributed by atoms with Crippen LogP contribution in [-0.2, 0) is 24.8 Å². The molecule has 0 saturated carbocycles. The Labute approximate surface area is 210 Å². The maximum absolute atomic E-state index is 13.1. The molecule has 35 heavy (non-hydrogen) atoms. The number of rotatable bonds is 9. The number of ether oxygens (including phenoxy) is 2. The van der Waals surface area contributed by atoms with E-state index < -0.39 is 26.0 Å². The minimum Gasteiger partial charge on any atom is -0.495 e. The number of amides is 1. The summed E-state index contributed by atoms with van der Waals surface area (Å²) in [6.45, 7) is 4.90. The molecule has 13 heteroatoms. The first-order valence-corrected chi connectivity index (χ1v) is 14.2. The number of carbonyl (C=O) groups excluding carboxylic acids is 1. The third-order valence-electron chi connectivity index (χ3n) is 5.53. The first-order valence-electron chi connectivity index (χ1n) is 10.9. The summed E-state index contributed by atoms with van der Waals surface area (Å²) in [5.41, 5.74) is 0.249. The van der Waals surface area contributed by atoms with Crippen molar-refractivity contribution in [3.05, 3.63) is 47.0 Å². The Bertz CT molecular complexity index is 1290. The third kappa shape index (κ3) is 5.79. The van der Waals surface area contributed by atoms with Crippen molar-refractivity contribution in [3.8, 4) is 5.75 Å². The zero-order valence-corrected chi connectivity index (χ0v) is 22.0. The van der Waals surface area contributed by atoms with Gasteiger partial charge in [0.1, 0.15) is 15.5 Å². The molecule has 1 amide bonds. The normalized spacial score (nSPS) is 15.2. The monoisotopic (exact) mass is 545 g/mol. The molecule has 0 unspecified atom stereocenters. The van der Waals surface area contributed by atoms with E-state index in [1.165, 1.54) is 52.1 Å². The predicted octanol–water partition coefficient (Wildman–Crippen LogP) is 2.65. The van der Waals surface area contributed by atoms with Gasteiger partial charge in [-0.2, -0.15) is 8.61 Å². The first-order chi connectivity index (χ1) is 16.6. The van der Waals surface area contributed by atoms with Crippen molar-refractivity contribution in [2.24, 2.45) is 0 Å². The topological polar surface area (TPSA) is 122 Å². The number of methoxy groups -OCH3 is 1. The quantitative estimate of drug-likeness (QED) is 0.514. The highest BCUT2D eigenvalue weighted by atomic mass is 35.5. The largest absolute Gasteiger partial charge is 0.495 e. The van der Waals surface area contributed by atoms with E-state index in [0.29, 0.717) is 0 Å². The molecule has 0 bridgehead atoms. The van der Waals surface area contributed by atoms with E-state index in [2.05, 4.69) is 5.32 Å². The fourth-order valence-corrected chi connectivity index (χ4v) is 7.18. The van der Waals surface area contributed by atoms with Crippen molar-refractivity contribution < 1.29 is 31.1 Å². The highest BCUT2D eigenvalue weighted by Crippen LogP contribution is 2.30. The number of nitrogens with zero attached hydrogens (tertiary/aromatic N) is 2. The molecule has 2 aromatic rings. The molecule has 2 aromatic carbocycles. The maximum Gasteiger partial charge on any atom is 0.255 e. The zero-order valence-electron chi connectivity index (χ0n) is 19.7. The summed E-state index contributed by atoms with van der Waals surface area (Å²) in [4.78, 5) is 12.7. The number of hydrogen-bond acceptors (Lipinski definition) is 7. The van der Waals surface area contributed by atoms with Crippen LogP contribution in [0.2, 0.25) is 5.02 Å². The Kier molecular flexibility index (Phi) is 8.78. The van der Waals surface area contributed by atoms with Crippen LogP contribution >= 0.6 is 11.6 Å². The molecule has 1 heterocycles. The molecule has 10 nitrogen and oxygen atoms in total. The average molecular weight is 546 g/mol. The van der Waals surface area contributed by atoms with Gasteiger partial charge in [-0.3, -0.25) is 4.79 Å². The van der Waals surface area contributed by atoms with Crippen LogP contribution < -0.4 is 10.1 Å². The number of halogens is 1. The lowest BCUT2D eigenvalue weighted by molar-refractivity contribution is 0.0730. The molecule has 1 aliphatic rings. The number of anilines is 1. The summed E-state index contributed by atoms with van der Waals surface area (Å²) in [5, 5.41) is 2.64. The fourth-order valence-electron chi connectivity index (χ4n) is 3.63. The van der Waals surface area contributed by atoms with Crippen molar-refractivity contribution in [1.82, 2.24) is 8.61 Å². The van der Waals surface area contributed by atoms with Gasteiger partial charge in [0.2, 0.25) is 20.0 Å². The van der Waals surface area contributed by atoms with Gasteiger partial charge < -0.3 is 14.8 Å². The second-order valence-corrected chi connectivity index (χ2v) is 11.8. The lowest BCUT2D eigenvalue weighted by Gasteiger charge is -2.26. The summed E-state index contributed by atoms with van der Waals surface area (Å²) in [6.07, 6.45) is 0. The number of morpholine rings is 1. The summed E-state index contributed by atoms with van der Waals surface area (Å²) in [5.74, 6) is -0.514.